The van der Waals surface area contributed by atoms with Gasteiger partial charge in [0.05, 0.1) is 19.0 Å². The lowest BCUT2D eigenvalue weighted by atomic mass is 10.5. The van der Waals surface area contributed by atoms with Gasteiger partial charge in [-0.1, -0.05) is 0 Å². The van der Waals surface area contributed by atoms with Crippen LogP contribution in [0.5, 0.6) is 0 Å². The summed E-state index contributed by atoms with van der Waals surface area (Å²) < 4.78 is 29.6. The Morgan fingerprint density at radius 3 is 2.71 bits per heavy atom. The normalized spacial score (nSPS) is 17.2. The maximum atomic E-state index is 11.0. The Bertz CT molecular complexity index is 248. The predicted octanol–water partition coefficient (Wildman–Crippen LogP) is -0.675. The van der Waals surface area contributed by atoms with Gasteiger partial charge >= 0.3 is 0 Å². The van der Waals surface area contributed by atoms with Crippen molar-refractivity contribution in [1.82, 2.24) is 4.72 Å². The lowest BCUT2D eigenvalue weighted by Crippen LogP contribution is -2.30. The van der Waals surface area contributed by atoms with E-state index in [9.17, 15) is 8.42 Å². The van der Waals surface area contributed by atoms with Gasteiger partial charge in [-0.05, 0) is 18.8 Å². The maximum Gasteiger partial charge on any atom is 0.213 e. The molecule has 0 amide bonds. The summed E-state index contributed by atoms with van der Waals surface area (Å²) in [6, 6.07) is 0. The fourth-order valence-corrected chi connectivity index (χ4v) is 1.78. The number of sulfonamides is 1. The minimum absolute atomic E-state index is 0.240. The highest BCUT2D eigenvalue weighted by Crippen LogP contribution is 2.28. The van der Waals surface area contributed by atoms with Gasteiger partial charge in [-0.3, -0.25) is 0 Å². The first-order chi connectivity index (χ1) is 6.64. The molecule has 1 rings (SSSR count). The van der Waals surface area contributed by atoms with E-state index in [1.54, 1.807) is 0 Å². The fraction of sp³-hybridized carbons (Fsp3) is 1.00. The van der Waals surface area contributed by atoms with Crippen LogP contribution >= 0.6 is 0 Å². The number of hydrogen-bond donors (Lipinski definition) is 2. The molecule has 14 heavy (non-hydrogen) atoms. The molecule has 0 unspecified atom stereocenters. The van der Waals surface area contributed by atoms with Crippen molar-refractivity contribution in [2.75, 3.05) is 32.1 Å². The van der Waals surface area contributed by atoms with Gasteiger partial charge in [0.15, 0.2) is 0 Å². The molecule has 0 heterocycles. The molecule has 0 bridgehead atoms. The lowest BCUT2D eigenvalue weighted by Gasteiger charge is -2.05. The smallest absolute Gasteiger partial charge is 0.213 e. The zero-order chi connectivity index (χ0) is 10.4. The van der Waals surface area contributed by atoms with Crippen molar-refractivity contribution in [1.29, 1.82) is 0 Å². The Morgan fingerprint density at radius 1 is 1.43 bits per heavy atom. The molecular weight excluding hydrogens is 206 g/mol. The van der Waals surface area contributed by atoms with Gasteiger partial charge in [0.1, 0.15) is 0 Å². The summed E-state index contributed by atoms with van der Waals surface area (Å²) in [6.07, 6.45) is 2.46. The number of ether oxygens (including phenoxy) is 1. The second-order valence-electron chi connectivity index (χ2n) is 3.46. The van der Waals surface area contributed by atoms with Crippen molar-refractivity contribution in [2.45, 2.75) is 12.8 Å². The van der Waals surface area contributed by atoms with Gasteiger partial charge in [0.2, 0.25) is 10.0 Å². The topological polar surface area (TPSA) is 75.6 Å². The molecule has 0 aromatic rings. The van der Waals surface area contributed by atoms with Crippen molar-refractivity contribution in [2.24, 2.45) is 5.92 Å². The summed E-state index contributed by atoms with van der Waals surface area (Å²) >= 11 is 0. The number of hydrogen-bond acceptors (Lipinski definition) is 4. The predicted molar refractivity (Wildman–Crippen MR) is 52.4 cm³/mol. The van der Waals surface area contributed by atoms with Crippen LogP contribution in [0.25, 0.3) is 0 Å². The fourth-order valence-electron chi connectivity index (χ4n) is 0.996. The van der Waals surface area contributed by atoms with E-state index in [1.807, 2.05) is 0 Å². The van der Waals surface area contributed by atoms with E-state index >= 15 is 0 Å². The molecule has 1 aliphatic carbocycles. The largest absolute Gasteiger partial charge is 0.395 e. The van der Waals surface area contributed by atoms with E-state index < -0.39 is 10.0 Å². The van der Waals surface area contributed by atoms with Crippen LogP contribution in [-0.4, -0.2) is 45.6 Å². The van der Waals surface area contributed by atoms with Crippen molar-refractivity contribution in [3.05, 3.63) is 0 Å². The maximum absolute atomic E-state index is 11.0. The molecule has 1 aliphatic rings. The Balaban J connectivity index is 1.96. The molecule has 2 N–H and O–H groups in total. The van der Waals surface area contributed by atoms with E-state index in [0.29, 0.717) is 12.5 Å². The number of nitrogens with one attached hydrogen (secondary N) is 1. The third-order valence-electron chi connectivity index (χ3n) is 1.98. The summed E-state index contributed by atoms with van der Waals surface area (Å²) in [5, 5.41) is 8.44. The van der Waals surface area contributed by atoms with E-state index in [2.05, 4.69) is 4.72 Å². The van der Waals surface area contributed by atoms with Crippen LogP contribution in [0.2, 0.25) is 0 Å². The molecule has 0 aromatic carbocycles. The highest BCUT2D eigenvalue weighted by atomic mass is 32.2. The van der Waals surface area contributed by atoms with Gasteiger partial charge < -0.3 is 9.84 Å². The minimum atomic E-state index is -3.30. The second kappa shape index (κ2) is 5.65. The van der Waals surface area contributed by atoms with Crippen molar-refractivity contribution < 1.29 is 18.3 Å². The number of aliphatic hydroxyl groups excluding tert-OH is 1. The average molecular weight is 223 g/mol. The van der Waals surface area contributed by atoms with Crippen LogP contribution in [0.15, 0.2) is 0 Å². The molecular formula is C8H17NO4S. The summed E-state index contributed by atoms with van der Waals surface area (Å²) in [6.45, 7) is 1.08. The van der Waals surface area contributed by atoms with Crippen LogP contribution in [0, 0.1) is 5.92 Å². The van der Waals surface area contributed by atoms with E-state index in [-0.39, 0.29) is 18.9 Å². The Kier molecular flexibility index (Phi) is 4.80. The monoisotopic (exact) mass is 223 g/mol. The van der Waals surface area contributed by atoms with E-state index in [4.69, 9.17) is 9.84 Å². The third kappa shape index (κ3) is 5.54. The van der Waals surface area contributed by atoms with Crippen LogP contribution in [-0.2, 0) is 14.8 Å². The first-order valence-electron chi connectivity index (χ1n) is 4.80. The van der Waals surface area contributed by atoms with Gasteiger partial charge in [-0.25, -0.2) is 13.1 Å². The average Bonchev–Trinajstić information content (AvgIpc) is 2.87. The van der Waals surface area contributed by atoms with Crippen LogP contribution in [0.4, 0.5) is 0 Å². The molecule has 84 valence electrons. The molecule has 0 saturated heterocycles. The van der Waals surface area contributed by atoms with E-state index in [0.717, 1.165) is 6.61 Å². The summed E-state index contributed by atoms with van der Waals surface area (Å²) in [7, 11) is -3.30. The van der Waals surface area contributed by atoms with Gasteiger partial charge in [0.25, 0.3) is 0 Å². The molecule has 0 spiro atoms. The first-order valence-corrected chi connectivity index (χ1v) is 6.45. The van der Waals surface area contributed by atoms with Crippen molar-refractivity contribution in [3.63, 3.8) is 0 Å². The summed E-state index contributed by atoms with van der Waals surface area (Å²) in [5.74, 6) is 0.458. The SMILES string of the molecule is O=S(=O)(CCO)NCCOCC1CC1. The Hall–Kier alpha value is -0.170. The molecule has 5 nitrogen and oxygen atoms in total. The molecule has 1 fully saturated rings. The summed E-state index contributed by atoms with van der Waals surface area (Å²) in [4.78, 5) is 0. The Labute approximate surface area is 84.5 Å². The highest BCUT2D eigenvalue weighted by molar-refractivity contribution is 7.89. The molecule has 0 atom stereocenters. The van der Waals surface area contributed by atoms with Gasteiger partial charge in [-0.15, -0.1) is 0 Å². The standard InChI is InChI=1S/C8H17NO4S/c10-4-6-14(11,12)9-3-5-13-7-8-1-2-8/h8-10H,1-7H2. The third-order valence-corrected chi connectivity index (χ3v) is 3.34. The van der Waals surface area contributed by atoms with Crippen molar-refractivity contribution in [3.8, 4) is 0 Å². The highest BCUT2D eigenvalue weighted by Gasteiger charge is 2.20. The zero-order valence-corrected chi connectivity index (χ0v) is 8.92. The van der Waals surface area contributed by atoms with Crippen LogP contribution < -0.4 is 4.72 Å². The minimum Gasteiger partial charge on any atom is -0.395 e. The van der Waals surface area contributed by atoms with Crippen LogP contribution in [0.3, 0.4) is 0 Å². The molecule has 6 heteroatoms. The quantitative estimate of drug-likeness (QED) is 0.535. The molecule has 0 aliphatic heterocycles. The van der Waals surface area contributed by atoms with Crippen LogP contribution in [0.1, 0.15) is 12.8 Å². The second-order valence-corrected chi connectivity index (χ2v) is 5.38. The number of rotatable bonds is 8. The number of aliphatic hydroxyl groups is 1. The lowest BCUT2D eigenvalue weighted by molar-refractivity contribution is 0.129. The van der Waals surface area contributed by atoms with Gasteiger partial charge in [-0.2, -0.15) is 0 Å². The van der Waals surface area contributed by atoms with Crippen molar-refractivity contribution >= 4 is 10.0 Å². The zero-order valence-electron chi connectivity index (χ0n) is 8.11. The van der Waals surface area contributed by atoms with E-state index in [1.165, 1.54) is 12.8 Å². The summed E-state index contributed by atoms with van der Waals surface area (Å²) in [5.41, 5.74) is 0. The Morgan fingerprint density at radius 2 is 2.14 bits per heavy atom. The molecule has 0 aromatic heterocycles. The first kappa shape index (κ1) is 11.9. The van der Waals surface area contributed by atoms with Gasteiger partial charge in [0, 0.05) is 13.2 Å². The molecule has 1 saturated carbocycles. The molecule has 0 radical (unpaired) electrons.